The van der Waals surface area contributed by atoms with Gasteiger partial charge in [0.2, 0.25) is 5.95 Å². The number of rotatable bonds is 7. The number of nitrogens with one attached hydrogen (secondary N) is 1. The first-order chi connectivity index (χ1) is 14.2. The van der Waals surface area contributed by atoms with Crippen molar-refractivity contribution < 1.29 is 8.42 Å². The Morgan fingerprint density at radius 3 is 2.60 bits per heavy atom. The van der Waals surface area contributed by atoms with Crippen LogP contribution in [0.4, 0.5) is 11.8 Å². The van der Waals surface area contributed by atoms with E-state index in [1.54, 1.807) is 26.0 Å². The van der Waals surface area contributed by atoms with Crippen molar-refractivity contribution in [3.05, 3.63) is 58.9 Å². The minimum atomic E-state index is -3.32. The molecular formula is C21H24ClN5O2S. The zero-order chi connectivity index (χ0) is 21.9. The third-order valence-corrected chi connectivity index (χ3v) is 7.27. The lowest BCUT2D eigenvalue weighted by Crippen LogP contribution is -2.14. The molecule has 2 heterocycles. The number of anilines is 2. The van der Waals surface area contributed by atoms with E-state index in [4.69, 9.17) is 17.3 Å². The average molecular weight is 446 g/mol. The van der Waals surface area contributed by atoms with E-state index in [0.29, 0.717) is 29.5 Å². The molecule has 3 rings (SSSR count). The third-order valence-electron chi connectivity index (χ3n) is 4.72. The number of pyridine rings is 1. The van der Waals surface area contributed by atoms with Crippen molar-refractivity contribution >= 4 is 33.2 Å². The Kier molecular flexibility index (Phi) is 6.58. The Morgan fingerprint density at radius 2 is 1.93 bits per heavy atom. The molecule has 0 atom stereocenters. The topological polar surface area (TPSA) is 111 Å². The number of halogens is 1. The van der Waals surface area contributed by atoms with Crippen molar-refractivity contribution in [1.29, 1.82) is 0 Å². The van der Waals surface area contributed by atoms with Crippen molar-refractivity contribution in [2.75, 3.05) is 17.6 Å². The van der Waals surface area contributed by atoms with Crippen LogP contribution in [0.2, 0.25) is 5.02 Å². The molecule has 3 N–H and O–H groups in total. The molecule has 0 amide bonds. The highest BCUT2D eigenvalue weighted by atomic mass is 35.5. The summed E-state index contributed by atoms with van der Waals surface area (Å²) in [5, 5.41) is 3.40. The van der Waals surface area contributed by atoms with E-state index >= 15 is 0 Å². The molecule has 2 aromatic heterocycles. The quantitative estimate of drug-likeness (QED) is 0.566. The zero-order valence-electron chi connectivity index (χ0n) is 17.1. The number of hydrogen-bond acceptors (Lipinski definition) is 7. The van der Waals surface area contributed by atoms with E-state index in [2.05, 4.69) is 20.3 Å². The van der Waals surface area contributed by atoms with Crippen LogP contribution >= 0.6 is 11.6 Å². The minimum absolute atomic E-state index is 0.163. The van der Waals surface area contributed by atoms with Crippen molar-refractivity contribution in [2.24, 2.45) is 0 Å². The second-order valence-electron chi connectivity index (χ2n) is 7.16. The molecule has 0 radical (unpaired) electrons. The van der Waals surface area contributed by atoms with Crippen molar-refractivity contribution in [1.82, 2.24) is 15.0 Å². The fourth-order valence-electron chi connectivity index (χ4n) is 2.90. The number of nitrogen functional groups attached to an aromatic ring is 1. The largest absolute Gasteiger partial charge is 0.369 e. The first-order valence-corrected chi connectivity index (χ1v) is 11.4. The van der Waals surface area contributed by atoms with Gasteiger partial charge >= 0.3 is 0 Å². The van der Waals surface area contributed by atoms with Gasteiger partial charge in [0.25, 0.3) is 0 Å². The summed E-state index contributed by atoms with van der Waals surface area (Å²) < 4.78 is 24.4. The molecule has 1 aromatic carbocycles. The van der Waals surface area contributed by atoms with Crippen LogP contribution in [0.25, 0.3) is 11.3 Å². The maximum absolute atomic E-state index is 12.2. The second kappa shape index (κ2) is 8.97. The molecule has 158 valence electrons. The zero-order valence-corrected chi connectivity index (χ0v) is 18.6. The number of hydrogen-bond donors (Lipinski definition) is 2. The van der Waals surface area contributed by atoms with Gasteiger partial charge in [-0.3, -0.25) is 4.98 Å². The van der Waals surface area contributed by atoms with Crippen molar-refractivity contribution in [3.8, 4) is 11.3 Å². The number of nitrogens with two attached hydrogens (primary N) is 1. The summed E-state index contributed by atoms with van der Waals surface area (Å²) in [4.78, 5) is 13.1. The summed E-state index contributed by atoms with van der Waals surface area (Å²) in [7, 11) is -3.32. The summed E-state index contributed by atoms with van der Waals surface area (Å²) in [6.07, 6.45) is 2.00. The molecule has 7 nitrogen and oxygen atoms in total. The summed E-state index contributed by atoms with van der Waals surface area (Å²) >= 11 is 6.22. The van der Waals surface area contributed by atoms with Gasteiger partial charge in [0.15, 0.2) is 9.84 Å². The smallest absolute Gasteiger partial charge is 0.222 e. The Balaban J connectivity index is 1.70. The van der Waals surface area contributed by atoms with Gasteiger partial charge in [-0.2, -0.15) is 4.98 Å². The van der Waals surface area contributed by atoms with Gasteiger partial charge in [0, 0.05) is 41.5 Å². The number of sulfone groups is 1. The van der Waals surface area contributed by atoms with Gasteiger partial charge in [0.05, 0.1) is 15.8 Å². The molecule has 0 aliphatic carbocycles. The molecule has 0 aliphatic heterocycles. The maximum Gasteiger partial charge on any atom is 0.222 e. The van der Waals surface area contributed by atoms with Crippen LogP contribution in [-0.4, -0.2) is 35.2 Å². The van der Waals surface area contributed by atoms with Crippen LogP contribution in [0.1, 0.15) is 25.1 Å². The summed E-state index contributed by atoms with van der Waals surface area (Å²) in [6, 6.07) is 10.8. The fourth-order valence-corrected chi connectivity index (χ4v) is 4.07. The van der Waals surface area contributed by atoms with Gasteiger partial charge in [-0.1, -0.05) is 23.7 Å². The Bertz CT molecular complexity index is 1150. The predicted octanol–water partition coefficient (Wildman–Crippen LogP) is 3.92. The Hall–Kier alpha value is -2.71. The molecule has 0 saturated heterocycles. The first kappa shape index (κ1) is 22.0. The fraction of sp³-hybridized carbons (Fsp3) is 0.286. The Morgan fingerprint density at radius 1 is 1.17 bits per heavy atom. The standard InChI is InChI=1S/C21H24ClN5O2S/c1-13(2)30(28,29)16-8-7-15(25-12-16)9-10-24-20-11-19(26-21(23)27-20)17-5-4-6-18(22)14(17)3/h4-8,11-13H,9-10H2,1-3H3,(H3,23,24,26,27). The lowest BCUT2D eigenvalue weighted by molar-refractivity contribution is 0.587. The van der Waals surface area contributed by atoms with Crippen LogP contribution in [0.5, 0.6) is 0 Å². The highest BCUT2D eigenvalue weighted by Crippen LogP contribution is 2.28. The molecule has 0 aliphatic rings. The van der Waals surface area contributed by atoms with E-state index in [1.807, 2.05) is 31.2 Å². The lowest BCUT2D eigenvalue weighted by atomic mass is 10.1. The SMILES string of the molecule is Cc1c(Cl)cccc1-c1cc(NCCc2ccc(S(=O)(=O)C(C)C)cn2)nc(N)n1. The molecular weight excluding hydrogens is 422 g/mol. The van der Waals surface area contributed by atoms with E-state index in [0.717, 1.165) is 16.8 Å². The summed E-state index contributed by atoms with van der Waals surface area (Å²) in [6.45, 7) is 5.78. The molecule has 9 heteroatoms. The van der Waals surface area contributed by atoms with Crippen LogP contribution in [0, 0.1) is 6.92 Å². The van der Waals surface area contributed by atoms with Crippen molar-refractivity contribution in [3.63, 3.8) is 0 Å². The highest BCUT2D eigenvalue weighted by molar-refractivity contribution is 7.92. The van der Waals surface area contributed by atoms with E-state index < -0.39 is 15.1 Å². The van der Waals surface area contributed by atoms with E-state index in [1.165, 1.54) is 6.20 Å². The molecule has 0 bridgehead atoms. The van der Waals surface area contributed by atoms with Gasteiger partial charge in [-0.25, -0.2) is 13.4 Å². The van der Waals surface area contributed by atoms with Gasteiger partial charge < -0.3 is 11.1 Å². The van der Waals surface area contributed by atoms with Gasteiger partial charge in [-0.15, -0.1) is 0 Å². The monoisotopic (exact) mass is 445 g/mol. The predicted molar refractivity (Wildman–Crippen MR) is 120 cm³/mol. The number of aromatic nitrogens is 3. The highest BCUT2D eigenvalue weighted by Gasteiger charge is 2.19. The normalized spacial score (nSPS) is 11.6. The molecule has 0 unspecified atom stereocenters. The average Bonchev–Trinajstić information content (AvgIpc) is 2.70. The minimum Gasteiger partial charge on any atom is -0.369 e. The molecule has 0 fully saturated rings. The van der Waals surface area contributed by atoms with E-state index in [9.17, 15) is 8.42 Å². The van der Waals surface area contributed by atoms with Crippen LogP contribution in [-0.2, 0) is 16.3 Å². The Labute approximate surface area is 181 Å². The third kappa shape index (κ3) is 4.88. The van der Waals surface area contributed by atoms with Gasteiger partial charge in [-0.05, 0) is 44.5 Å². The summed E-state index contributed by atoms with van der Waals surface area (Å²) in [5.41, 5.74) is 9.16. The first-order valence-electron chi connectivity index (χ1n) is 9.51. The molecule has 0 saturated carbocycles. The second-order valence-corrected chi connectivity index (χ2v) is 10.1. The molecule has 30 heavy (non-hydrogen) atoms. The molecule has 3 aromatic rings. The van der Waals surface area contributed by atoms with Gasteiger partial charge in [0.1, 0.15) is 5.82 Å². The van der Waals surface area contributed by atoms with Crippen molar-refractivity contribution in [2.45, 2.75) is 37.3 Å². The summed E-state index contributed by atoms with van der Waals surface area (Å²) in [5.74, 6) is 0.756. The van der Waals surface area contributed by atoms with Crippen LogP contribution < -0.4 is 11.1 Å². The van der Waals surface area contributed by atoms with Crippen LogP contribution in [0.15, 0.2) is 47.5 Å². The lowest BCUT2D eigenvalue weighted by Gasteiger charge is -2.11. The van der Waals surface area contributed by atoms with Crippen LogP contribution in [0.3, 0.4) is 0 Å². The maximum atomic E-state index is 12.2. The number of benzene rings is 1. The molecule has 0 spiro atoms. The van der Waals surface area contributed by atoms with E-state index in [-0.39, 0.29) is 10.8 Å². The number of nitrogens with zero attached hydrogens (tertiary/aromatic N) is 3.